The second-order valence-corrected chi connectivity index (χ2v) is 2.68. The predicted molar refractivity (Wildman–Crippen MR) is 48.5 cm³/mol. The smallest absolute Gasteiger partial charge is 0.302 e. The number of esters is 1. The van der Waals surface area contributed by atoms with Crippen LogP contribution in [0.3, 0.4) is 0 Å². The first-order valence-corrected chi connectivity index (χ1v) is 4.44. The molecule has 0 heterocycles. The molecule has 4 nitrogen and oxygen atoms in total. The van der Waals surface area contributed by atoms with E-state index in [9.17, 15) is 4.79 Å². The summed E-state index contributed by atoms with van der Waals surface area (Å²) in [5, 5.41) is 0. The van der Waals surface area contributed by atoms with E-state index in [1.807, 2.05) is 6.92 Å². The summed E-state index contributed by atoms with van der Waals surface area (Å²) in [4.78, 5) is 10.4. The maximum atomic E-state index is 10.4. The molecule has 0 saturated carbocycles. The zero-order chi connectivity index (χ0) is 10.1. The standard InChI is InChI=1S/C9H18O4/c1-4-9(11-3)7-12-5-6-13-8(2)10/h9H,4-7H2,1-3H3. The summed E-state index contributed by atoms with van der Waals surface area (Å²) in [7, 11) is 1.66. The highest BCUT2D eigenvalue weighted by atomic mass is 16.6. The molecule has 4 heteroatoms. The molecular formula is C9H18O4. The number of rotatable bonds is 7. The molecule has 0 aromatic heterocycles. The van der Waals surface area contributed by atoms with Gasteiger partial charge < -0.3 is 14.2 Å². The van der Waals surface area contributed by atoms with Gasteiger partial charge in [-0.3, -0.25) is 4.79 Å². The molecule has 0 aliphatic heterocycles. The average molecular weight is 190 g/mol. The van der Waals surface area contributed by atoms with Crippen molar-refractivity contribution in [2.75, 3.05) is 26.9 Å². The maximum Gasteiger partial charge on any atom is 0.302 e. The summed E-state index contributed by atoms with van der Waals surface area (Å²) in [5.74, 6) is -0.276. The van der Waals surface area contributed by atoms with Crippen LogP contribution in [0.25, 0.3) is 0 Å². The molecule has 0 aliphatic carbocycles. The molecule has 0 bridgehead atoms. The van der Waals surface area contributed by atoms with Gasteiger partial charge in [-0.15, -0.1) is 0 Å². The molecule has 0 radical (unpaired) electrons. The van der Waals surface area contributed by atoms with Crippen LogP contribution in [0, 0.1) is 0 Å². The summed E-state index contributed by atoms with van der Waals surface area (Å²) < 4.78 is 15.0. The van der Waals surface area contributed by atoms with E-state index in [4.69, 9.17) is 9.47 Å². The Balaban J connectivity index is 3.19. The van der Waals surface area contributed by atoms with E-state index < -0.39 is 0 Å². The van der Waals surface area contributed by atoms with Crippen LogP contribution in [-0.2, 0) is 19.0 Å². The van der Waals surface area contributed by atoms with Gasteiger partial charge in [0.1, 0.15) is 6.61 Å². The van der Waals surface area contributed by atoms with E-state index >= 15 is 0 Å². The zero-order valence-corrected chi connectivity index (χ0v) is 8.54. The summed E-state index contributed by atoms with van der Waals surface area (Å²) in [6.07, 6.45) is 1.06. The van der Waals surface area contributed by atoms with Crippen molar-refractivity contribution in [3.05, 3.63) is 0 Å². The Bertz CT molecular complexity index is 132. The number of carbonyl (C=O) groups excluding carboxylic acids is 1. The molecule has 1 atom stereocenters. The Morgan fingerprint density at radius 2 is 2.08 bits per heavy atom. The molecule has 0 spiro atoms. The van der Waals surface area contributed by atoms with Crippen LogP contribution in [0.2, 0.25) is 0 Å². The number of carbonyl (C=O) groups is 1. The number of ether oxygens (including phenoxy) is 3. The lowest BCUT2D eigenvalue weighted by Crippen LogP contribution is -2.19. The monoisotopic (exact) mass is 190 g/mol. The Morgan fingerprint density at radius 3 is 2.54 bits per heavy atom. The summed E-state index contributed by atoms with van der Waals surface area (Å²) in [6, 6.07) is 0. The van der Waals surface area contributed by atoms with Gasteiger partial charge >= 0.3 is 5.97 Å². The number of hydrogen-bond acceptors (Lipinski definition) is 4. The van der Waals surface area contributed by atoms with Crippen LogP contribution >= 0.6 is 0 Å². The fraction of sp³-hybridized carbons (Fsp3) is 0.889. The molecular weight excluding hydrogens is 172 g/mol. The minimum Gasteiger partial charge on any atom is -0.463 e. The first-order valence-electron chi connectivity index (χ1n) is 4.44. The van der Waals surface area contributed by atoms with Gasteiger partial charge in [-0.2, -0.15) is 0 Å². The summed E-state index contributed by atoms with van der Waals surface area (Å²) in [6.45, 7) is 4.71. The second-order valence-electron chi connectivity index (χ2n) is 2.68. The average Bonchev–Trinajstić information content (AvgIpc) is 2.11. The molecule has 0 aliphatic rings. The minimum atomic E-state index is -0.276. The van der Waals surface area contributed by atoms with Crippen LogP contribution in [0.1, 0.15) is 20.3 Å². The topological polar surface area (TPSA) is 44.8 Å². The molecule has 78 valence electrons. The third kappa shape index (κ3) is 7.74. The molecule has 0 aromatic rings. The first kappa shape index (κ1) is 12.4. The summed E-state index contributed by atoms with van der Waals surface area (Å²) in [5.41, 5.74) is 0. The van der Waals surface area contributed by atoms with E-state index in [1.165, 1.54) is 6.92 Å². The maximum absolute atomic E-state index is 10.4. The van der Waals surface area contributed by atoms with Crippen LogP contribution in [0.15, 0.2) is 0 Å². The van der Waals surface area contributed by atoms with Gasteiger partial charge in [-0.1, -0.05) is 6.92 Å². The SMILES string of the molecule is CCC(COCCOC(C)=O)OC. The Hall–Kier alpha value is -0.610. The number of methoxy groups -OCH3 is 1. The van der Waals surface area contributed by atoms with Gasteiger partial charge in [0.25, 0.3) is 0 Å². The van der Waals surface area contributed by atoms with Crippen molar-refractivity contribution in [2.45, 2.75) is 26.4 Å². The Morgan fingerprint density at radius 1 is 1.38 bits per heavy atom. The fourth-order valence-corrected chi connectivity index (χ4v) is 0.812. The lowest BCUT2D eigenvalue weighted by Gasteiger charge is -2.12. The van der Waals surface area contributed by atoms with Gasteiger partial charge in [0.05, 0.1) is 19.3 Å². The van der Waals surface area contributed by atoms with Gasteiger partial charge in [-0.25, -0.2) is 0 Å². The van der Waals surface area contributed by atoms with Crippen molar-refractivity contribution >= 4 is 5.97 Å². The lowest BCUT2D eigenvalue weighted by atomic mass is 10.3. The van der Waals surface area contributed by atoms with Crippen molar-refractivity contribution in [3.8, 4) is 0 Å². The summed E-state index contributed by atoms with van der Waals surface area (Å²) >= 11 is 0. The fourth-order valence-electron chi connectivity index (χ4n) is 0.812. The van der Waals surface area contributed by atoms with Gasteiger partial charge in [0.2, 0.25) is 0 Å². The molecule has 0 rings (SSSR count). The van der Waals surface area contributed by atoms with E-state index in [-0.39, 0.29) is 12.1 Å². The van der Waals surface area contributed by atoms with Crippen molar-refractivity contribution < 1.29 is 19.0 Å². The molecule has 0 fully saturated rings. The van der Waals surface area contributed by atoms with Crippen LogP contribution in [0.4, 0.5) is 0 Å². The lowest BCUT2D eigenvalue weighted by molar-refractivity contribution is -0.142. The second kappa shape index (κ2) is 8.01. The Labute approximate surface area is 79.2 Å². The van der Waals surface area contributed by atoms with Gasteiger partial charge in [0.15, 0.2) is 0 Å². The predicted octanol–water partition coefficient (Wildman–Crippen LogP) is 0.991. The molecule has 0 amide bonds. The van der Waals surface area contributed by atoms with E-state index in [1.54, 1.807) is 7.11 Å². The van der Waals surface area contributed by atoms with E-state index in [2.05, 4.69) is 4.74 Å². The quantitative estimate of drug-likeness (QED) is 0.443. The Kier molecular flexibility index (Phi) is 7.63. The molecule has 0 saturated heterocycles. The van der Waals surface area contributed by atoms with Crippen molar-refractivity contribution in [1.82, 2.24) is 0 Å². The van der Waals surface area contributed by atoms with E-state index in [0.29, 0.717) is 19.8 Å². The molecule has 0 aromatic carbocycles. The van der Waals surface area contributed by atoms with Crippen LogP contribution in [0.5, 0.6) is 0 Å². The minimum absolute atomic E-state index is 0.136. The van der Waals surface area contributed by atoms with Crippen molar-refractivity contribution in [1.29, 1.82) is 0 Å². The van der Waals surface area contributed by atoms with Crippen molar-refractivity contribution in [3.63, 3.8) is 0 Å². The molecule has 0 N–H and O–H groups in total. The zero-order valence-electron chi connectivity index (χ0n) is 8.54. The van der Waals surface area contributed by atoms with E-state index in [0.717, 1.165) is 6.42 Å². The highest BCUT2D eigenvalue weighted by Gasteiger charge is 2.03. The van der Waals surface area contributed by atoms with Gasteiger partial charge in [0, 0.05) is 14.0 Å². The third-order valence-corrected chi connectivity index (χ3v) is 1.63. The van der Waals surface area contributed by atoms with Crippen molar-refractivity contribution in [2.24, 2.45) is 0 Å². The van der Waals surface area contributed by atoms with Crippen LogP contribution in [-0.4, -0.2) is 39.0 Å². The highest BCUT2D eigenvalue weighted by Crippen LogP contribution is 1.96. The molecule has 1 unspecified atom stereocenters. The first-order chi connectivity index (χ1) is 6.20. The third-order valence-electron chi connectivity index (χ3n) is 1.63. The van der Waals surface area contributed by atoms with Gasteiger partial charge in [-0.05, 0) is 6.42 Å². The largest absolute Gasteiger partial charge is 0.463 e. The molecule has 13 heavy (non-hydrogen) atoms. The van der Waals surface area contributed by atoms with Crippen LogP contribution < -0.4 is 0 Å². The number of hydrogen-bond donors (Lipinski definition) is 0. The normalized spacial score (nSPS) is 12.5. The highest BCUT2D eigenvalue weighted by molar-refractivity contribution is 5.65.